The van der Waals surface area contributed by atoms with Crippen LogP contribution in [0.25, 0.3) is 11.0 Å². The van der Waals surface area contributed by atoms with Gasteiger partial charge in [-0.15, -0.1) is 0 Å². The molecule has 0 aliphatic rings. The molecule has 1 unspecified atom stereocenters. The average Bonchev–Trinajstić information content (AvgIpc) is 2.74. The molecule has 2 aromatic rings. The number of rotatable bonds is 5. The van der Waals surface area contributed by atoms with E-state index in [0.29, 0.717) is 6.04 Å². The van der Waals surface area contributed by atoms with Crippen molar-refractivity contribution >= 4 is 42.8 Å². The zero-order valence-corrected chi connectivity index (χ0v) is 13.8. The van der Waals surface area contributed by atoms with E-state index in [9.17, 15) is 0 Å². The van der Waals surface area contributed by atoms with E-state index in [2.05, 4.69) is 63.2 Å². The van der Waals surface area contributed by atoms with Crippen LogP contribution in [0.1, 0.15) is 38.5 Å². The summed E-state index contributed by atoms with van der Waals surface area (Å²) in [6, 6.07) is 6.51. The predicted molar refractivity (Wildman–Crippen MR) is 82.9 cm³/mol. The van der Waals surface area contributed by atoms with Gasteiger partial charge in [0.2, 0.25) is 0 Å². The van der Waals surface area contributed by atoms with Gasteiger partial charge in [0, 0.05) is 9.86 Å². The highest BCUT2D eigenvalue weighted by molar-refractivity contribution is 9.11. The van der Waals surface area contributed by atoms with Gasteiger partial charge in [-0.05, 0) is 53.5 Å². The third kappa shape index (κ3) is 2.98. The molecule has 0 aliphatic heterocycles. The largest absolute Gasteiger partial charge is 0.458 e. The van der Waals surface area contributed by atoms with Crippen molar-refractivity contribution in [3.05, 3.63) is 32.9 Å². The second-order valence-electron chi connectivity index (χ2n) is 4.37. The summed E-state index contributed by atoms with van der Waals surface area (Å²) in [5, 5.41) is 4.64. The highest BCUT2D eigenvalue weighted by Gasteiger charge is 2.15. The van der Waals surface area contributed by atoms with Gasteiger partial charge in [0.15, 0.2) is 0 Å². The molecule has 98 valence electrons. The van der Waals surface area contributed by atoms with E-state index < -0.39 is 0 Å². The van der Waals surface area contributed by atoms with Gasteiger partial charge in [-0.25, -0.2) is 0 Å². The lowest BCUT2D eigenvalue weighted by molar-refractivity contribution is 0.421. The van der Waals surface area contributed by atoms with Gasteiger partial charge in [0.1, 0.15) is 11.3 Å². The van der Waals surface area contributed by atoms with Crippen molar-refractivity contribution in [2.45, 2.75) is 32.7 Å². The molecule has 0 bridgehead atoms. The van der Waals surface area contributed by atoms with Crippen LogP contribution in [0, 0.1) is 0 Å². The van der Waals surface area contributed by atoms with E-state index in [0.717, 1.165) is 45.1 Å². The third-order valence-corrected chi connectivity index (χ3v) is 3.99. The molecule has 0 amide bonds. The molecule has 0 fully saturated rings. The fraction of sp³-hybridized carbons (Fsp3) is 0.429. The Labute approximate surface area is 124 Å². The number of fused-ring (bicyclic) bond motifs is 1. The van der Waals surface area contributed by atoms with E-state index in [1.807, 2.05) is 6.07 Å². The van der Waals surface area contributed by atoms with Crippen molar-refractivity contribution < 1.29 is 4.42 Å². The first-order valence-corrected chi connectivity index (χ1v) is 7.86. The lowest BCUT2D eigenvalue weighted by Gasteiger charge is -2.13. The maximum absolute atomic E-state index is 5.97. The molecule has 1 N–H and O–H groups in total. The van der Waals surface area contributed by atoms with E-state index >= 15 is 0 Å². The van der Waals surface area contributed by atoms with Crippen LogP contribution in [0.5, 0.6) is 0 Å². The molecule has 1 heterocycles. The van der Waals surface area contributed by atoms with Gasteiger partial charge < -0.3 is 9.73 Å². The molecule has 1 aromatic heterocycles. The first-order chi connectivity index (χ1) is 8.65. The van der Waals surface area contributed by atoms with Crippen LogP contribution in [0.3, 0.4) is 0 Å². The van der Waals surface area contributed by atoms with Gasteiger partial charge in [0.05, 0.1) is 10.5 Å². The fourth-order valence-corrected chi connectivity index (χ4v) is 3.37. The number of furan rings is 1. The first-order valence-electron chi connectivity index (χ1n) is 6.27. The summed E-state index contributed by atoms with van der Waals surface area (Å²) in [6.45, 7) is 5.36. The Morgan fingerprint density at radius 2 is 2.00 bits per heavy atom. The Hall–Kier alpha value is -0.320. The molecule has 0 aliphatic carbocycles. The summed E-state index contributed by atoms with van der Waals surface area (Å²) in [5.41, 5.74) is 0.921. The molecule has 2 rings (SSSR count). The first kappa shape index (κ1) is 14.1. The second kappa shape index (κ2) is 6.22. The van der Waals surface area contributed by atoms with Gasteiger partial charge >= 0.3 is 0 Å². The molecule has 1 atom stereocenters. The Balaban J connectivity index is 2.36. The lowest BCUT2D eigenvalue weighted by Crippen LogP contribution is -2.20. The van der Waals surface area contributed by atoms with Crippen LogP contribution in [0.2, 0.25) is 0 Å². The zero-order valence-electron chi connectivity index (χ0n) is 10.6. The SMILES string of the molecule is CCCNC(CC)c1cc2cc(Br)cc(Br)c2o1. The minimum Gasteiger partial charge on any atom is -0.458 e. The van der Waals surface area contributed by atoms with Crippen LogP contribution in [-0.2, 0) is 0 Å². The molecule has 0 saturated carbocycles. The predicted octanol–water partition coefficient (Wildman–Crippen LogP) is 5.41. The smallest absolute Gasteiger partial charge is 0.148 e. The van der Waals surface area contributed by atoms with Crippen molar-refractivity contribution in [3.63, 3.8) is 0 Å². The van der Waals surface area contributed by atoms with Crippen molar-refractivity contribution in [2.24, 2.45) is 0 Å². The minimum absolute atomic E-state index is 0.294. The molecule has 4 heteroatoms. The lowest BCUT2D eigenvalue weighted by atomic mass is 10.1. The summed E-state index contributed by atoms with van der Waals surface area (Å²) >= 11 is 7.04. The molecule has 0 saturated heterocycles. The van der Waals surface area contributed by atoms with Crippen molar-refractivity contribution in [1.82, 2.24) is 5.32 Å². The quantitative estimate of drug-likeness (QED) is 0.756. The zero-order chi connectivity index (χ0) is 13.1. The second-order valence-corrected chi connectivity index (χ2v) is 6.14. The van der Waals surface area contributed by atoms with Crippen LogP contribution in [0.15, 0.2) is 31.6 Å². The van der Waals surface area contributed by atoms with Gasteiger partial charge in [-0.2, -0.15) is 0 Å². The molecule has 1 aromatic carbocycles. The average molecular weight is 375 g/mol. The fourth-order valence-electron chi connectivity index (χ4n) is 2.03. The normalized spacial score (nSPS) is 13.1. The highest BCUT2D eigenvalue weighted by atomic mass is 79.9. The summed E-state index contributed by atoms with van der Waals surface area (Å²) in [7, 11) is 0. The van der Waals surface area contributed by atoms with Gasteiger partial charge in [0.25, 0.3) is 0 Å². The monoisotopic (exact) mass is 373 g/mol. The van der Waals surface area contributed by atoms with Gasteiger partial charge in [-0.1, -0.05) is 29.8 Å². The number of nitrogens with one attached hydrogen (secondary N) is 1. The Kier molecular flexibility index (Phi) is 4.87. The highest BCUT2D eigenvalue weighted by Crippen LogP contribution is 2.33. The Bertz CT molecular complexity index is 536. The standard InChI is InChI=1S/C14H17Br2NO/c1-3-5-17-12(4-2)13-7-9-6-10(15)8-11(16)14(9)18-13/h6-8,12,17H,3-5H2,1-2H3. The van der Waals surface area contributed by atoms with E-state index in [1.165, 1.54) is 0 Å². The van der Waals surface area contributed by atoms with Crippen LogP contribution in [-0.4, -0.2) is 6.54 Å². The minimum atomic E-state index is 0.294. The Morgan fingerprint density at radius 1 is 1.22 bits per heavy atom. The van der Waals surface area contributed by atoms with Crippen molar-refractivity contribution in [3.8, 4) is 0 Å². The van der Waals surface area contributed by atoms with Crippen molar-refractivity contribution in [1.29, 1.82) is 0 Å². The molecule has 0 radical (unpaired) electrons. The van der Waals surface area contributed by atoms with Crippen LogP contribution < -0.4 is 5.32 Å². The van der Waals surface area contributed by atoms with E-state index in [-0.39, 0.29) is 0 Å². The summed E-state index contributed by atoms with van der Waals surface area (Å²) in [5.74, 6) is 1.01. The molecule has 2 nitrogen and oxygen atoms in total. The molecule has 18 heavy (non-hydrogen) atoms. The van der Waals surface area contributed by atoms with Crippen LogP contribution >= 0.6 is 31.9 Å². The maximum atomic E-state index is 5.97. The van der Waals surface area contributed by atoms with Gasteiger partial charge in [-0.3, -0.25) is 0 Å². The third-order valence-electron chi connectivity index (χ3n) is 2.95. The van der Waals surface area contributed by atoms with E-state index in [1.54, 1.807) is 0 Å². The molecular formula is C14H17Br2NO. The Morgan fingerprint density at radius 3 is 2.67 bits per heavy atom. The van der Waals surface area contributed by atoms with Crippen LogP contribution in [0.4, 0.5) is 0 Å². The number of hydrogen-bond donors (Lipinski definition) is 1. The number of benzene rings is 1. The molecule has 0 spiro atoms. The number of halogens is 2. The topological polar surface area (TPSA) is 25.2 Å². The number of hydrogen-bond acceptors (Lipinski definition) is 2. The van der Waals surface area contributed by atoms with Crippen molar-refractivity contribution in [2.75, 3.05) is 6.54 Å². The summed E-state index contributed by atoms with van der Waals surface area (Å²) in [4.78, 5) is 0. The molecular weight excluding hydrogens is 358 g/mol. The summed E-state index contributed by atoms with van der Waals surface area (Å²) in [6.07, 6.45) is 2.16. The maximum Gasteiger partial charge on any atom is 0.148 e. The summed E-state index contributed by atoms with van der Waals surface area (Å²) < 4.78 is 8.02. The van der Waals surface area contributed by atoms with E-state index in [4.69, 9.17) is 4.42 Å².